The van der Waals surface area contributed by atoms with Gasteiger partial charge in [-0.1, -0.05) is 30.1 Å². The number of halogens is 5. The van der Waals surface area contributed by atoms with Crippen molar-refractivity contribution in [2.24, 2.45) is 0 Å². The number of Topliss-reactive ketones (excluding diaryl/α,β-unsaturated/α-hetero) is 1. The molecule has 0 unspecified atom stereocenters. The van der Waals surface area contributed by atoms with Gasteiger partial charge in [-0.2, -0.15) is 13.2 Å². The second kappa shape index (κ2) is 10.3. The van der Waals surface area contributed by atoms with E-state index in [1.807, 2.05) is 0 Å². The molecule has 0 aliphatic rings. The number of rotatable bonds is 7. The highest BCUT2D eigenvalue weighted by Crippen LogP contribution is 2.35. The first-order valence-electron chi connectivity index (χ1n) is 10.1. The molecule has 0 aliphatic carbocycles. The molecule has 0 bridgehead atoms. The van der Waals surface area contributed by atoms with Gasteiger partial charge in [-0.3, -0.25) is 9.59 Å². The van der Waals surface area contributed by atoms with Crippen molar-refractivity contribution in [3.8, 4) is 11.5 Å². The molecule has 0 fully saturated rings. The third-order valence-corrected chi connectivity index (χ3v) is 6.73. The lowest BCUT2D eigenvalue weighted by atomic mass is 10.0. The van der Waals surface area contributed by atoms with Gasteiger partial charge in [-0.15, -0.1) is 11.3 Å². The molecule has 4 rings (SSSR count). The lowest BCUT2D eigenvalue weighted by Gasteiger charge is -2.10. The van der Waals surface area contributed by atoms with E-state index in [2.05, 4.69) is 35.2 Å². The van der Waals surface area contributed by atoms with Crippen molar-refractivity contribution in [2.75, 3.05) is 5.32 Å². The number of carbonyl (C=O) groups excluding carboxylic acids is 2. The number of aromatic amines is 1. The van der Waals surface area contributed by atoms with Crippen LogP contribution in [0, 0.1) is 0 Å². The number of H-pyrrole nitrogens is 1. The lowest BCUT2D eigenvalue weighted by molar-refractivity contribution is -0.137. The number of amides is 1. The zero-order chi connectivity index (χ0) is 26.0. The molecule has 9 nitrogen and oxygen atoms in total. The Morgan fingerprint density at radius 1 is 1.14 bits per heavy atom. The highest BCUT2D eigenvalue weighted by Gasteiger charge is 2.34. The monoisotopic (exact) mass is 555 g/mol. The van der Waals surface area contributed by atoms with Gasteiger partial charge in [0.2, 0.25) is 0 Å². The lowest BCUT2D eigenvalue weighted by Crippen LogP contribution is -2.13. The first kappa shape index (κ1) is 25.7. The molecule has 1 atom stereocenters. The number of pyridine rings is 1. The highest BCUT2D eigenvalue weighted by atomic mass is 35.5. The van der Waals surface area contributed by atoms with Crippen LogP contribution in [-0.2, 0) is 6.18 Å². The van der Waals surface area contributed by atoms with Crippen molar-refractivity contribution in [2.45, 2.75) is 25.4 Å². The van der Waals surface area contributed by atoms with E-state index < -0.39 is 28.6 Å². The van der Waals surface area contributed by atoms with Crippen LogP contribution in [0.25, 0.3) is 11.5 Å². The normalized spacial score (nSPS) is 12.4. The maximum absolute atomic E-state index is 13.0. The van der Waals surface area contributed by atoms with E-state index in [-0.39, 0.29) is 39.3 Å². The van der Waals surface area contributed by atoms with Crippen LogP contribution < -0.4 is 5.32 Å². The van der Waals surface area contributed by atoms with E-state index in [0.717, 1.165) is 17.5 Å². The smallest absolute Gasteiger partial charge is 0.343 e. The van der Waals surface area contributed by atoms with Gasteiger partial charge in [0.15, 0.2) is 11.6 Å². The van der Waals surface area contributed by atoms with Crippen molar-refractivity contribution in [1.82, 2.24) is 29.9 Å². The summed E-state index contributed by atoms with van der Waals surface area (Å²) in [4.78, 5) is 48.4. The maximum Gasteiger partial charge on any atom is 0.418 e. The summed E-state index contributed by atoms with van der Waals surface area (Å²) in [5.74, 6) is -1.41. The summed E-state index contributed by atoms with van der Waals surface area (Å²) >= 11 is 12.9. The molecule has 186 valence electrons. The summed E-state index contributed by atoms with van der Waals surface area (Å²) in [5, 5.41) is 2.23. The highest BCUT2D eigenvalue weighted by molar-refractivity contribution is 7.13. The van der Waals surface area contributed by atoms with Crippen LogP contribution in [0.3, 0.4) is 0 Å². The molecule has 15 heteroatoms. The largest absolute Gasteiger partial charge is 0.418 e. The number of imidazole rings is 1. The molecule has 0 saturated carbocycles. The molecule has 0 saturated heterocycles. The van der Waals surface area contributed by atoms with E-state index in [1.54, 1.807) is 13.1 Å². The van der Waals surface area contributed by atoms with Crippen LogP contribution in [0.5, 0.6) is 0 Å². The number of aromatic nitrogens is 6. The van der Waals surface area contributed by atoms with Gasteiger partial charge >= 0.3 is 6.18 Å². The number of nitrogens with zero attached hydrogens (tertiary/aromatic N) is 5. The molecule has 0 aromatic carbocycles. The fourth-order valence-corrected chi connectivity index (χ4v) is 4.48. The molecule has 0 spiro atoms. The van der Waals surface area contributed by atoms with Crippen LogP contribution in [0.2, 0.25) is 10.0 Å². The average molecular weight is 556 g/mol. The molecule has 4 heterocycles. The number of thiazole rings is 1. The Morgan fingerprint density at radius 3 is 2.61 bits per heavy atom. The quantitative estimate of drug-likeness (QED) is 0.281. The van der Waals surface area contributed by atoms with E-state index in [0.29, 0.717) is 16.9 Å². The van der Waals surface area contributed by atoms with E-state index in [9.17, 15) is 22.8 Å². The molecule has 4 aromatic rings. The van der Waals surface area contributed by atoms with E-state index in [1.165, 1.54) is 18.7 Å². The van der Waals surface area contributed by atoms with Crippen LogP contribution in [-0.4, -0.2) is 41.6 Å². The molecule has 0 aliphatic heterocycles. The number of nitrogens with one attached hydrogen (secondary N) is 2. The average Bonchev–Trinajstić information content (AvgIpc) is 3.52. The first-order chi connectivity index (χ1) is 17.0. The van der Waals surface area contributed by atoms with Crippen molar-refractivity contribution in [3.05, 3.63) is 68.4 Å². The standard InChI is InChI=1S/C21H14Cl2F3N7O2S/c1-9(4-12(34)16-15(23)17(32-8-31-16)18-27-2-3-28-18)20-30-7-13(36-20)19(35)33-14-5-10(21(24,25)26)11(22)6-29-14/h2-3,5-9H,4H2,1H3,(H,27,28)(H,29,33,35)/t9-/m0/s1. The van der Waals surface area contributed by atoms with Crippen molar-refractivity contribution in [3.63, 3.8) is 0 Å². The minimum Gasteiger partial charge on any atom is -0.343 e. The van der Waals surface area contributed by atoms with Crippen LogP contribution in [0.1, 0.15) is 50.0 Å². The second-order valence-corrected chi connectivity index (χ2v) is 9.26. The van der Waals surface area contributed by atoms with Crippen molar-refractivity contribution in [1.29, 1.82) is 0 Å². The van der Waals surface area contributed by atoms with Gasteiger partial charge in [-0.05, 0) is 6.07 Å². The molecule has 4 aromatic heterocycles. The molecule has 2 N–H and O–H groups in total. The van der Waals surface area contributed by atoms with Gasteiger partial charge < -0.3 is 10.3 Å². The first-order valence-corrected chi connectivity index (χ1v) is 11.6. The molecular formula is C21H14Cl2F3N7O2S. The second-order valence-electron chi connectivity index (χ2n) is 7.42. The summed E-state index contributed by atoms with van der Waals surface area (Å²) in [6.45, 7) is 1.73. The number of hydrogen-bond donors (Lipinski definition) is 2. The Bertz CT molecular complexity index is 1430. The number of alkyl halides is 3. The molecular weight excluding hydrogens is 542 g/mol. The van der Waals surface area contributed by atoms with Crippen LogP contribution in [0.4, 0.5) is 19.0 Å². The van der Waals surface area contributed by atoms with E-state index >= 15 is 0 Å². The predicted octanol–water partition coefficient (Wildman–Crippen LogP) is 5.67. The minimum atomic E-state index is -4.70. The molecule has 0 radical (unpaired) electrons. The number of hydrogen-bond acceptors (Lipinski definition) is 8. The zero-order valence-corrected chi connectivity index (χ0v) is 20.4. The molecule has 1 amide bonds. The van der Waals surface area contributed by atoms with Gasteiger partial charge in [-0.25, -0.2) is 24.9 Å². The third-order valence-electron chi connectivity index (χ3n) is 4.84. The number of ketones is 1. The maximum atomic E-state index is 13.0. The summed E-state index contributed by atoms with van der Waals surface area (Å²) in [6, 6.07) is 0.645. The summed E-state index contributed by atoms with van der Waals surface area (Å²) in [7, 11) is 0. The minimum absolute atomic E-state index is 0.0173. The third kappa shape index (κ3) is 5.53. The fourth-order valence-electron chi connectivity index (χ4n) is 3.11. The number of anilines is 1. The van der Waals surface area contributed by atoms with Crippen LogP contribution in [0.15, 0.2) is 37.2 Å². The topological polar surface area (TPSA) is 126 Å². The SMILES string of the molecule is C[C@@H](CC(=O)c1ncnc(-c2ncc[nH]2)c1Cl)c1ncc(C(=O)Nc2cc(C(F)(F)F)c(Cl)cn2)s1. The zero-order valence-electron chi connectivity index (χ0n) is 18.1. The predicted molar refractivity (Wildman–Crippen MR) is 126 cm³/mol. The van der Waals surface area contributed by atoms with Gasteiger partial charge in [0.25, 0.3) is 5.91 Å². The fraction of sp³-hybridized carbons (Fsp3) is 0.190. The Hall–Kier alpha value is -3.42. The Kier molecular flexibility index (Phi) is 7.33. The Balaban J connectivity index is 1.45. The van der Waals surface area contributed by atoms with Crippen molar-refractivity contribution >= 4 is 52.0 Å². The Labute approximate surface area is 215 Å². The molecule has 36 heavy (non-hydrogen) atoms. The summed E-state index contributed by atoms with van der Waals surface area (Å²) < 4.78 is 39.1. The van der Waals surface area contributed by atoms with E-state index in [4.69, 9.17) is 23.2 Å². The van der Waals surface area contributed by atoms with Gasteiger partial charge in [0.05, 0.1) is 26.8 Å². The summed E-state index contributed by atoms with van der Waals surface area (Å²) in [6.07, 6.45) is 1.67. The number of carbonyl (C=O) groups is 2. The summed E-state index contributed by atoms with van der Waals surface area (Å²) in [5.41, 5.74) is -0.815. The van der Waals surface area contributed by atoms with Crippen LogP contribution >= 0.6 is 34.5 Å². The Morgan fingerprint density at radius 2 is 1.92 bits per heavy atom. The van der Waals surface area contributed by atoms with Gasteiger partial charge in [0.1, 0.15) is 28.4 Å². The van der Waals surface area contributed by atoms with Crippen molar-refractivity contribution < 1.29 is 22.8 Å². The van der Waals surface area contributed by atoms with Gasteiger partial charge in [0, 0.05) is 30.9 Å².